The number of amides is 1. The van der Waals surface area contributed by atoms with E-state index in [4.69, 9.17) is 4.74 Å². The highest BCUT2D eigenvalue weighted by Gasteiger charge is 2.50. The molecule has 0 radical (unpaired) electrons. The van der Waals surface area contributed by atoms with E-state index in [1.54, 1.807) is 13.0 Å². The highest BCUT2D eigenvalue weighted by Crippen LogP contribution is 2.44. The Kier molecular flexibility index (Phi) is 3.64. The lowest BCUT2D eigenvalue weighted by molar-refractivity contribution is -0.154. The molecule has 27 heavy (non-hydrogen) atoms. The van der Waals surface area contributed by atoms with Gasteiger partial charge in [-0.1, -0.05) is 42.5 Å². The minimum absolute atomic E-state index is 0.0467. The molecule has 1 heterocycles. The predicted molar refractivity (Wildman–Crippen MR) is 101 cm³/mol. The fraction of sp³-hybridized carbons (Fsp3) is 0.391. The number of fused-ring (bicyclic) bond motifs is 2. The van der Waals surface area contributed by atoms with E-state index in [1.165, 1.54) is 11.1 Å². The van der Waals surface area contributed by atoms with Gasteiger partial charge in [0.05, 0.1) is 11.6 Å². The number of nitrogens with zero attached hydrogens (tertiary/aromatic N) is 1. The van der Waals surface area contributed by atoms with Crippen molar-refractivity contribution in [1.29, 1.82) is 0 Å². The van der Waals surface area contributed by atoms with Gasteiger partial charge in [0, 0.05) is 12.5 Å². The summed E-state index contributed by atoms with van der Waals surface area (Å²) in [7, 11) is 0. The van der Waals surface area contributed by atoms with Gasteiger partial charge in [0.15, 0.2) is 5.60 Å². The lowest BCUT2D eigenvalue weighted by Gasteiger charge is -2.40. The fourth-order valence-electron chi connectivity index (χ4n) is 4.66. The van der Waals surface area contributed by atoms with Crippen LogP contribution in [-0.4, -0.2) is 28.4 Å². The molecule has 0 aromatic heterocycles. The largest absolute Gasteiger partial charge is 0.445 e. The number of benzene rings is 2. The molecular formula is C23H23NO3. The zero-order valence-corrected chi connectivity index (χ0v) is 15.5. The number of cyclic esters (lactones) is 1. The van der Waals surface area contributed by atoms with Gasteiger partial charge in [-0.25, -0.2) is 4.79 Å². The van der Waals surface area contributed by atoms with Gasteiger partial charge in [-0.15, -0.1) is 0 Å². The summed E-state index contributed by atoms with van der Waals surface area (Å²) in [6, 6.07) is 16.2. The normalized spacial score (nSPS) is 26.1. The third-order valence-corrected chi connectivity index (χ3v) is 6.15. The maximum absolute atomic E-state index is 13.7. The van der Waals surface area contributed by atoms with E-state index in [0.717, 1.165) is 31.2 Å². The smallest absolute Gasteiger partial charge is 0.339 e. The van der Waals surface area contributed by atoms with Crippen LogP contribution in [0, 0.1) is 0 Å². The molecule has 4 heteroatoms. The lowest BCUT2D eigenvalue weighted by atomic mass is 9.88. The van der Waals surface area contributed by atoms with Crippen LogP contribution >= 0.6 is 0 Å². The molecule has 0 bridgehead atoms. The van der Waals surface area contributed by atoms with Gasteiger partial charge >= 0.3 is 5.97 Å². The number of hydrogen-bond donors (Lipinski definition) is 0. The van der Waals surface area contributed by atoms with Gasteiger partial charge in [0.25, 0.3) is 5.91 Å². The van der Waals surface area contributed by atoms with E-state index in [1.807, 2.05) is 29.2 Å². The first-order chi connectivity index (χ1) is 13.1. The minimum Gasteiger partial charge on any atom is -0.445 e. The van der Waals surface area contributed by atoms with E-state index in [0.29, 0.717) is 12.0 Å². The number of carbonyl (C=O) groups excluding carboxylic acids is 2. The fourth-order valence-corrected chi connectivity index (χ4v) is 4.66. The monoisotopic (exact) mass is 361 g/mol. The first kappa shape index (κ1) is 16.5. The van der Waals surface area contributed by atoms with Crippen molar-refractivity contribution >= 4 is 11.9 Å². The standard InChI is InChI=1S/C23H23NO3/c1-23(14-16-7-3-5-9-19(16)21(25)27-23)22(26)24(17-11-12-17)20-13-10-15-6-2-4-8-18(15)20/h2-9,17,20H,10-14H2,1H3. The van der Waals surface area contributed by atoms with Crippen LogP contribution in [0.2, 0.25) is 0 Å². The van der Waals surface area contributed by atoms with Crippen LogP contribution in [0.4, 0.5) is 0 Å². The molecule has 2 aromatic rings. The van der Waals surface area contributed by atoms with Crippen LogP contribution in [0.25, 0.3) is 0 Å². The summed E-state index contributed by atoms with van der Waals surface area (Å²) < 4.78 is 5.74. The molecule has 2 aliphatic carbocycles. The highest BCUT2D eigenvalue weighted by molar-refractivity contribution is 5.97. The molecule has 2 atom stereocenters. The molecule has 0 N–H and O–H groups in total. The lowest BCUT2D eigenvalue weighted by Crippen LogP contribution is -2.54. The third-order valence-electron chi connectivity index (χ3n) is 6.15. The molecular weight excluding hydrogens is 338 g/mol. The van der Waals surface area contributed by atoms with Crippen LogP contribution in [0.5, 0.6) is 0 Å². The summed E-state index contributed by atoms with van der Waals surface area (Å²) in [5, 5.41) is 0. The molecule has 1 fully saturated rings. The number of hydrogen-bond acceptors (Lipinski definition) is 3. The molecule has 0 saturated heterocycles. The van der Waals surface area contributed by atoms with Crippen molar-refractivity contribution < 1.29 is 14.3 Å². The van der Waals surface area contributed by atoms with Crippen molar-refractivity contribution in [2.75, 3.05) is 0 Å². The summed E-state index contributed by atoms with van der Waals surface area (Å²) in [6.07, 6.45) is 4.44. The van der Waals surface area contributed by atoms with Gasteiger partial charge in [0.2, 0.25) is 0 Å². The van der Waals surface area contributed by atoms with E-state index < -0.39 is 11.6 Å². The average Bonchev–Trinajstić information content (AvgIpc) is 3.41. The Bertz CT molecular complexity index is 933. The Morgan fingerprint density at radius 2 is 1.74 bits per heavy atom. The van der Waals surface area contributed by atoms with E-state index in [-0.39, 0.29) is 18.0 Å². The number of carbonyl (C=O) groups is 2. The Labute approximate surface area is 159 Å². The Morgan fingerprint density at radius 3 is 2.52 bits per heavy atom. The van der Waals surface area contributed by atoms with Gasteiger partial charge in [-0.3, -0.25) is 4.79 Å². The van der Waals surface area contributed by atoms with Crippen molar-refractivity contribution in [3.8, 4) is 0 Å². The quantitative estimate of drug-likeness (QED) is 0.781. The number of aryl methyl sites for hydroxylation is 1. The van der Waals surface area contributed by atoms with Gasteiger partial charge < -0.3 is 9.64 Å². The molecule has 2 aromatic carbocycles. The van der Waals surface area contributed by atoms with Crippen molar-refractivity contribution in [1.82, 2.24) is 4.90 Å². The van der Waals surface area contributed by atoms with Gasteiger partial charge in [-0.2, -0.15) is 0 Å². The molecule has 3 aliphatic rings. The molecule has 1 amide bonds. The Hall–Kier alpha value is -2.62. The minimum atomic E-state index is -1.13. The van der Waals surface area contributed by atoms with Gasteiger partial charge in [0.1, 0.15) is 0 Å². The maximum Gasteiger partial charge on any atom is 0.339 e. The van der Waals surface area contributed by atoms with Crippen molar-refractivity contribution in [3.05, 3.63) is 70.8 Å². The molecule has 5 rings (SSSR count). The predicted octanol–water partition coefficient (Wildman–Crippen LogP) is 3.84. The average molecular weight is 361 g/mol. The second-order valence-electron chi connectivity index (χ2n) is 8.15. The van der Waals surface area contributed by atoms with Crippen LogP contribution in [0.15, 0.2) is 48.5 Å². The van der Waals surface area contributed by atoms with Crippen LogP contribution in [0.1, 0.15) is 59.3 Å². The number of ether oxygens (including phenoxy) is 1. The number of esters is 1. The molecule has 1 saturated carbocycles. The van der Waals surface area contributed by atoms with Crippen LogP contribution in [0.3, 0.4) is 0 Å². The van der Waals surface area contributed by atoms with E-state index >= 15 is 0 Å². The molecule has 138 valence electrons. The van der Waals surface area contributed by atoms with Gasteiger partial charge in [-0.05, 0) is 55.4 Å². The summed E-state index contributed by atoms with van der Waals surface area (Å²) in [6.45, 7) is 1.78. The summed E-state index contributed by atoms with van der Waals surface area (Å²) >= 11 is 0. The van der Waals surface area contributed by atoms with Crippen LogP contribution < -0.4 is 0 Å². The Morgan fingerprint density at radius 1 is 1.04 bits per heavy atom. The van der Waals surface area contributed by atoms with Crippen molar-refractivity contribution in [3.63, 3.8) is 0 Å². The summed E-state index contributed by atoms with van der Waals surface area (Å²) in [5.41, 5.74) is 2.92. The molecule has 1 aliphatic heterocycles. The van der Waals surface area contributed by atoms with Crippen molar-refractivity contribution in [2.24, 2.45) is 0 Å². The summed E-state index contributed by atoms with van der Waals surface area (Å²) in [4.78, 5) is 28.3. The summed E-state index contributed by atoms with van der Waals surface area (Å²) in [5.74, 6) is -0.440. The van der Waals surface area contributed by atoms with Crippen molar-refractivity contribution in [2.45, 2.75) is 56.7 Å². The number of rotatable bonds is 3. The van der Waals surface area contributed by atoms with Crippen LogP contribution in [-0.2, 0) is 22.4 Å². The van der Waals surface area contributed by atoms with E-state index in [2.05, 4.69) is 18.2 Å². The second-order valence-corrected chi connectivity index (χ2v) is 8.15. The maximum atomic E-state index is 13.7. The zero-order chi connectivity index (χ0) is 18.6. The van der Waals surface area contributed by atoms with E-state index in [9.17, 15) is 9.59 Å². The highest BCUT2D eigenvalue weighted by atomic mass is 16.6. The molecule has 4 nitrogen and oxygen atoms in total. The topological polar surface area (TPSA) is 46.6 Å². The second kappa shape index (κ2) is 5.95. The third kappa shape index (κ3) is 2.66. The SMILES string of the molecule is CC1(C(=O)N(C2CC2)C2CCc3ccccc32)Cc2ccccc2C(=O)O1. The molecule has 0 spiro atoms. The Balaban J connectivity index is 1.49. The molecule has 2 unspecified atom stereocenters. The first-order valence-corrected chi connectivity index (χ1v) is 9.79. The first-order valence-electron chi connectivity index (χ1n) is 9.79. The zero-order valence-electron chi connectivity index (χ0n) is 15.5.